The summed E-state index contributed by atoms with van der Waals surface area (Å²) in [4.78, 5) is 11.3. The van der Waals surface area contributed by atoms with Gasteiger partial charge >= 0.3 is 0 Å². The SMILES string of the molecule is c1ccc(C(N=C2CCCCC2NCCN=C2CCCC[C@@H]2NC(c2ccccc2)(c2ccccc2)c2ccccc2)(c2ccccc2)c2ccccc2)cc1. The van der Waals surface area contributed by atoms with Gasteiger partial charge in [0.15, 0.2) is 0 Å². The molecule has 4 nitrogen and oxygen atoms in total. The van der Waals surface area contributed by atoms with Crippen LogP contribution in [0.25, 0.3) is 0 Å². The molecule has 56 heavy (non-hydrogen) atoms. The first-order valence-electron chi connectivity index (χ1n) is 20.7. The summed E-state index contributed by atoms with van der Waals surface area (Å²) in [7, 11) is 0. The minimum Gasteiger partial charge on any atom is -0.307 e. The second kappa shape index (κ2) is 18.0. The lowest BCUT2D eigenvalue weighted by Crippen LogP contribution is -2.53. The molecule has 0 amide bonds. The van der Waals surface area contributed by atoms with Gasteiger partial charge in [0.1, 0.15) is 5.54 Å². The molecule has 1 unspecified atom stereocenters. The first-order chi connectivity index (χ1) is 27.8. The molecule has 2 fully saturated rings. The Bertz CT molecular complexity index is 1960. The molecule has 2 saturated carbocycles. The smallest absolute Gasteiger partial charge is 0.136 e. The van der Waals surface area contributed by atoms with Crippen LogP contribution in [0.4, 0.5) is 0 Å². The van der Waals surface area contributed by atoms with Crippen LogP contribution < -0.4 is 10.6 Å². The minimum atomic E-state index is -0.639. The molecule has 4 heteroatoms. The van der Waals surface area contributed by atoms with Crippen LogP contribution in [0.1, 0.15) is 84.7 Å². The largest absolute Gasteiger partial charge is 0.307 e. The van der Waals surface area contributed by atoms with E-state index in [9.17, 15) is 0 Å². The lowest BCUT2D eigenvalue weighted by atomic mass is 9.75. The molecule has 6 aromatic rings. The van der Waals surface area contributed by atoms with E-state index in [0.717, 1.165) is 45.2 Å². The van der Waals surface area contributed by atoms with Gasteiger partial charge in [0.25, 0.3) is 0 Å². The molecule has 0 aliphatic heterocycles. The average molecular weight is 735 g/mol. The number of hydrogen-bond acceptors (Lipinski definition) is 4. The highest BCUT2D eigenvalue weighted by molar-refractivity contribution is 5.92. The summed E-state index contributed by atoms with van der Waals surface area (Å²) in [6.45, 7) is 1.56. The van der Waals surface area contributed by atoms with Crippen molar-refractivity contribution in [1.29, 1.82) is 0 Å². The van der Waals surface area contributed by atoms with Gasteiger partial charge in [-0.25, -0.2) is 0 Å². The molecule has 6 aromatic carbocycles. The molecule has 0 aromatic heterocycles. The van der Waals surface area contributed by atoms with Crippen molar-refractivity contribution < 1.29 is 0 Å². The first-order valence-corrected chi connectivity index (χ1v) is 20.7. The average Bonchev–Trinajstić information content (AvgIpc) is 3.29. The fourth-order valence-corrected chi connectivity index (χ4v) is 9.15. The van der Waals surface area contributed by atoms with E-state index in [1.54, 1.807) is 0 Å². The predicted octanol–water partition coefficient (Wildman–Crippen LogP) is 10.9. The zero-order valence-corrected chi connectivity index (χ0v) is 32.4. The Morgan fingerprint density at radius 1 is 0.429 bits per heavy atom. The highest BCUT2D eigenvalue weighted by atomic mass is 15.0. The molecule has 2 aliphatic carbocycles. The predicted molar refractivity (Wildman–Crippen MR) is 234 cm³/mol. The van der Waals surface area contributed by atoms with Gasteiger partial charge in [-0.2, -0.15) is 0 Å². The Hall–Kier alpha value is -5.42. The molecule has 2 N–H and O–H groups in total. The number of aliphatic imine (C=N–C) groups is 2. The van der Waals surface area contributed by atoms with Crippen molar-refractivity contribution in [2.24, 2.45) is 9.98 Å². The van der Waals surface area contributed by atoms with Crippen molar-refractivity contribution in [2.45, 2.75) is 74.5 Å². The number of benzene rings is 6. The lowest BCUT2D eigenvalue weighted by molar-refractivity contribution is 0.404. The maximum absolute atomic E-state index is 5.87. The first kappa shape index (κ1) is 37.5. The monoisotopic (exact) mass is 734 g/mol. The fourth-order valence-electron chi connectivity index (χ4n) is 9.15. The van der Waals surface area contributed by atoms with Crippen LogP contribution >= 0.6 is 0 Å². The van der Waals surface area contributed by atoms with E-state index < -0.39 is 11.1 Å². The lowest BCUT2D eigenvalue weighted by Gasteiger charge is -2.41. The highest BCUT2D eigenvalue weighted by Crippen LogP contribution is 2.42. The molecular weight excluding hydrogens is 681 g/mol. The second-order valence-electron chi connectivity index (χ2n) is 15.3. The molecule has 0 spiro atoms. The van der Waals surface area contributed by atoms with Crippen LogP contribution in [-0.2, 0) is 11.1 Å². The number of nitrogens with one attached hydrogen (secondary N) is 2. The Labute approximate surface area is 333 Å². The van der Waals surface area contributed by atoms with Gasteiger partial charge in [-0.05, 0) is 71.9 Å². The van der Waals surface area contributed by atoms with Gasteiger partial charge in [0, 0.05) is 30.1 Å². The fraction of sp³-hybridized carbons (Fsp3) is 0.269. The molecule has 2 aliphatic rings. The van der Waals surface area contributed by atoms with Crippen molar-refractivity contribution in [3.8, 4) is 0 Å². The van der Waals surface area contributed by atoms with Crippen LogP contribution in [0.5, 0.6) is 0 Å². The molecule has 282 valence electrons. The van der Waals surface area contributed by atoms with Crippen LogP contribution in [-0.4, -0.2) is 36.6 Å². The van der Waals surface area contributed by atoms with Gasteiger partial charge in [-0.1, -0.05) is 195 Å². The Morgan fingerprint density at radius 2 is 0.804 bits per heavy atom. The highest BCUT2D eigenvalue weighted by Gasteiger charge is 2.40. The molecule has 0 bridgehead atoms. The molecular formula is C52H54N4. The Balaban J connectivity index is 1.08. The van der Waals surface area contributed by atoms with Gasteiger partial charge in [-0.15, -0.1) is 0 Å². The Kier molecular flexibility index (Phi) is 12.1. The van der Waals surface area contributed by atoms with Gasteiger partial charge < -0.3 is 5.32 Å². The third-order valence-electron chi connectivity index (χ3n) is 11.9. The molecule has 0 heterocycles. The molecule has 8 rings (SSSR count). The maximum atomic E-state index is 5.87. The third-order valence-corrected chi connectivity index (χ3v) is 11.9. The molecule has 0 saturated heterocycles. The molecule has 0 radical (unpaired) electrons. The summed E-state index contributed by atoms with van der Waals surface area (Å²) in [5.74, 6) is 0. The quantitative estimate of drug-likeness (QED) is 0.0917. The van der Waals surface area contributed by atoms with Crippen molar-refractivity contribution in [1.82, 2.24) is 10.6 Å². The van der Waals surface area contributed by atoms with E-state index in [-0.39, 0.29) is 12.1 Å². The van der Waals surface area contributed by atoms with Crippen LogP contribution in [0.3, 0.4) is 0 Å². The van der Waals surface area contributed by atoms with E-state index in [1.165, 1.54) is 64.1 Å². The second-order valence-corrected chi connectivity index (χ2v) is 15.3. The maximum Gasteiger partial charge on any atom is 0.136 e. The van der Waals surface area contributed by atoms with E-state index in [4.69, 9.17) is 9.98 Å². The summed E-state index contributed by atoms with van der Waals surface area (Å²) >= 11 is 0. The summed E-state index contributed by atoms with van der Waals surface area (Å²) < 4.78 is 0. The Morgan fingerprint density at radius 3 is 1.23 bits per heavy atom. The van der Waals surface area contributed by atoms with Crippen LogP contribution in [0, 0.1) is 0 Å². The van der Waals surface area contributed by atoms with Crippen molar-refractivity contribution in [3.63, 3.8) is 0 Å². The van der Waals surface area contributed by atoms with E-state index in [2.05, 4.69) is 193 Å². The zero-order chi connectivity index (χ0) is 37.9. The summed E-state index contributed by atoms with van der Waals surface area (Å²) in [5, 5.41) is 8.24. The van der Waals surface area contributed by atoms with Crippen molar-refractivity contribution >= 4 is 11.4 Å². The van der Waals surface area contributed by atoms with E-state index >= 15 is 0 Å². The summed E-state index contributed by atoms with van der Waals surface area (Å²) in [5.41, 5.74) is 8.69. The van der Waals surface area contributed by atoms with Crippen LogP contribution in [0.15, 0.2) is 192 Å². The minimum absolute atomic E-state index is 0.166. The van der Waals surface area contributed by atoms with Gasteiger partial charge in [0.2, 0.25) is 0 Å². The number of nitrogens with zero attached hydrogens (tertiary/aromatic N) is 2. The van der Waals surface area contributed by atoms with Crippen LogP contribution in [0.2, 0.25) is 0 Å². The normalized spacial score (nSPS) is 19.2. The number of rotatable bonds is 13. The molecule has 2 atom stereocenters. The standard InChI is InChI=1S/C52H54N4/c1-7-23-41(24-8-1)51(42-25-9-2-10-26-42,43-27-11-3-12-28-43)55-49-37-21-19-35-47(49)53-39-40-54-48-36-20-22-38-50(48)56-52(44-29-13-4-14-30-44,45-31-15-5-16-32-45)46-33-17-6-18-34-46/h1-18,23-34,47,50,53,56H,19-22,35-40H2/t47?,50-/m0/s1. The third kappa shape index (κ3) is 7.95. The van der Waals surface area contributed by atoms with Gasteiger partial charge in [-0.3, -0.25) is 15.3 Å². The summed E-state index contributed by atoms with van der Waals surface area (Å²) in [6, 6.07) is 65.8. The summed E-state index contributed by atoms with van der Waals surface area (Å²) in [6.07, 6.45) is 8.90. The van der Waals surface area contributed by atoms with E-state index in [0.29, 0.717) is 0 Å². The number of hydrogen-bond donors (Lipinski definition) is 2. The van der Waals surface area contributed by atoms with Gasteiger partial charge in [0.05, 0.1) is 12.1 Å². The topological polar surface area (TPSA) is 48.8 Å². The zero-order valence-electron chi connectivity index (χ0n) is 32.4. The van der Waals surface area contributed by atoms with Crippen molar-refractivity contribution in [3.05, 3.63) is 215 Å². The van der Waals surface area contributed by atoms with Crippen molar-refractivity contribution in [2.75, 3.05) is 13.1 Å². The van der Waals surface area contributed by atoms with E-state index in [1.807, 2.05) is 0 Å².